The van der Waals surface area contributed by atoms with E-state index in [4.69, 9.17) is 9.47 Å². The second-order valence-electron chi connectivity index (χ2n) is 5.94. The van der Waals surface area contributed by atoms with Crippen LogP contribution in [0.15, 0.2) is 35.8 Å². The summed E-state index contributed by atoms with van der Waals surface area (Å²) in [5, 5.41) is 2.99. The summed E-state index contributed by atoms with van der Waals surface area (Å²) in [7, 11) is 0. The topological polar surface area (TPSA) is 54.9 Å². The van der Waals surface area contributed by atoms with Gasteiger partial charge in [-0.25, -0.2) is 4.98 Å². The monoisotopic (exact) mass is 345 g/mol. The molecule has 126 valence electrons. The number of hydrogen-bond acceptors (Lipinski definition) is 6. The molecule has 0 spiro atoms. The molecule has 0 N–H and O–H groups in total. The Morgan fingerprint density at radius 2 is 1.88 bits per heavy atom. The smallest absolute Gasteiger partial charge is 0.267 e. The van der Waals surface area contributed by atoms with E-state index in [1.54, 1.807) is 11.3 Å². The van der Waals surface area contributed by atoms with E-state index in [-0.39, 0.29) is 12.0 Å². The van der Waals surface area contributed by atoms with Crippen molar-refractivity contribution >= 4 is 22.4 Å². The molecular weight excluding hydrogens is 326 g/mol. The maximum absolute atomic E-state index is 12.9. The molecule has 2 atom stereocenters. The normalized spacial score (nSPS) is 23.2. The third-order valence-electron chi connectivity index (χ3n) is 4.37. The molecule has 1 aromatic heterocycles. The second kappa shape index (κ2) is 6.32. The fourth-order valence-corrected chi connectivity index (χ4v) is 3.76. The maximum atomic E-state index is 12.9. The fourth-order valence-electron chi connectivity index (χ4n) is 3.06. The van der Waals surface area contributed by atoms with Crippen LogP contribution in [0.5, 0.6) is 11.5 Å². The molecule has 2 aliphatic heterocycles. The molecule has 1 amide bonds. The highest BCUT2D eigenvalue weighted by atomic mass is 32.1. The summed E-state index contributed by atoms with van der Waals surface area (Å²) < 4.78 is 11.8. The molecule has 3 heterocycles. The molecule has 1 aromatic carbocycles. The Hall–Kier alpha value is -2.28. The molecule has 1 saturated heterocycles. The molecule has 6 nitrogen and oxygen atoms in total. The van der Waals surface area contributed by atoms with E-state index < -0.39 is 6.10 Å². The number of anilines is 1. The Morgan fingerprint density at radius 3 is 2.54 bits per heavy atom. The number of thiazole rings is 1. The van der Waals surface area contributed by atoms with Crippen LogP contribution in [0.25, 0.3) is 0 Å². The van der Waals surface area contributed by atoms with Crippen LogP contribution in [0.3, 0.4) is 0 Å². The van der Waals surface area contributed by atoms with Gasteiger partial charge in [-0.3, -0.25) is 4.79 Å². The van der Waals surface area contributed by atoms with Crippen molar-refractivity contribution < 1.29 is 14.3 Å². The van der Waals surface area contributed by atoms with Gasteiger partial charge in [0.05, 0.1) is 0 Å². The Bertz CT molecular complexity index is 714. The molecule has 24 heavy (non-hydrogen) atoms. The zero-order valence-corrected chi connectivity index (χ0v) is 14.2. The Balaban J connectivity index is 1.41. The molecule has 0 aliphatic carbocycles. The largest absolute Gasteiger partial charge is 0.482 e. The number of aromatic nitrogens is 1. The summed E-state index contributed by atoms with van der Waals surface area (Å²) in [6, 6.07) is 7.47. The first-order valence-electron chi connectivity index (χ1n) is 8.08. The lowest BCUT2D eigenvalue weighted by Gasteiger charge is -2.38. The number of carbonyl (C=O) groups excluding carboxylic acids is 1. The van der Waals surface area contributed by atoms with Crippen LogP contribution in [0.1, 0.15) is 6.92 Å². The minimum atomic E-state index is -0.591. The van der Waals surface area contributed by atoms with Crippen LogP contribution in [0.2, 0.25) is 0 Å². The predicted octanol–water partition coefficient (Wildman–Crippen LogP) is 2.02. The minimum absolute atomic E-state index is 0.00390. The minimum Gasteiger partial charge on any atom is -0.482 e. The summed E-state index contributed by atoms with van der Waals surface area (Å²) in [6.07, 6.45) is 0.917. The molecule has 1 fully saturated rings. The van der Waals surface area contributed by atoms with Crippen molar-refractivity contribution in [2.45, 2.75) is 19.1 Å². The van der Waals surface area contributed by atoms with Gasteiger partial charge in [-0.05, 0) is 19.1 Å². The average molecular weight is 345 g/mol. The van der Waals surface area contributed by atoms with Gasteiger partial charge in [-0.2, -0.15) is 0 Å². The lowest BCUT2D eigenvalue weighted by molar-refractivity contribution is -0.144. The van der Waals surface area contributed by atoms with Gasteiger partial charge in [0.25, 0.3) is 5.91 Å². The number of fused-ring (bicyclic) bond motifs is 1. The standard InChI is InChI=1S/C17H19N3O3S/c1-12-15(23-14-5-3-2-4-13(14)22-12)16(21)19-7-9-20(10-8-19)17-18-6-11-24-17/h2-6,11-12,15H,7-10H2,1H3. The van der Waals surface area contributed by atoms with Gasteiger partial charge in [-0.15, -0.1) is 11.3 Å². The van der Waals surface area contributed by atoms with Gasteiger partial charge in [-0.1, -0.05) is 12.1 Å². The highest BCUT2D eigenvalue weighted by molar-refractivity contribution is 7.13. The first-order valence-corrected chi connectivity index (χ1v) is 8.96. The van der Waals surface area contributed by atoms with Gasteiger partial charge in [0, 0.05) is 37.8 Å². The number of piperazine rings is 1. The summed E-state index contributed by atoms with van der Waals surface area (Å²) in [6.45, 7) is 4.80. The van der Waals surface area contributed by atoms with Crippen molar-refractivity contribution in [2.24, 2.45) is 0 Å². The Morgan fingerprint density at radius 1 is 1.17 bits per heavy atom. The SMILES string of the molecule is CC1Oc2ccccc2OC1C(=O)N1CCN(c2nccs2)CC1. The van der Waals surface area contributed by atoms with E-state index in [2.05, 4.69) is 9.88 Å². The van der Waals surface area contributed by atoms with Crippen LogP contribution < -0.4 is 14.4 Å². The van der Waals surface area contributed by atoms with Gasteiger partial charge < -0.3 is 19.3 Å². The zero-order valence-electron chi connectivity index (χ0n) is 13.4. The van der Waals surface area contributed by atoms with Crippen LogP contribution >= 0.6 is 11.3 Å². The Labute approximate surface area is 144 Å². The molecule has 4 rings (SSSR count). The number of rotatable bonds is 2. The molecule has 2 aromatic rings. The molecule has 7 heteroatoms. The van der Waals surface area contributed by atoms with Crippen molar-refractivity contribution in [2.75, 3.05) is 31.1 Å². The number of hydrogen-bond donors (Lipinski definition) is 0. The highest BCUT2D eigenvalue weighted by Gasteiger charge is 2.37. The van der Waals surface area contributed by atoms with Gasteiger partial charge in [0.1, 0.15) is 6.10 Å². The van der Waals surface area contributed by atoms with Crippen LogP contribution in [-0.2, 0) is 4.79 Å². The molecule has 0 bridgehead atoms. The van der Waals surface area contributed by atoms with Crippen LogP contribution in [-0.4, -0.2) is 54.2 Å². The lowest BCUT2D eigenvalue weighted by Crippen LogP contribution is -2.56. The molecular formula is C17H19N3O3S. The number of benzene rings is 1. The Kier molecular flexibility index (Phi) is 4.02. The molecule has 2 aliphatic rings. The third kappa shape index (κ3) is 2.80. The van der Waals surface area contributed by atoms with E-state index in [9.17, 15) is 4.79 Å². The van der Waals surface area contributed by atoms with E-state index in [0.717, 1.165) is 18.2 Å². The fraction of sp³-hybridized carbons (Fsp3) is 0.412. The van der Waals surface area contributed by atoms with Crippen LogP contribution in [0, 0.1) is 0 Å². The predicted molar refractivity (Wildman–Crippen MR) is 91.9 cm³/mol. The zero-order chi connectivity index (χ0) is 16.5. The van der Waals surface area contributed by atoms with Gasteiger partial charge in [0.15, 0.2) is 16.6 Å². The van der Waals surface area contributed by atoms with Crippen molar-refractivity contribution in [1.82, 2.24) is 9.88 Å². The van der Waals surface area contributed by atoms with Gasteiger partial charge >= 0.3 is 0 Å². The van der Waals surface area contributed by atoms with Crippen molar-refractivity contribution in [3.63, 3.8) is 0 Å². The summed E-state index contributed by atoms with van der Waals surface area (Å²) >= 11 is 1.63. The summed E-state index contributed by atoms with van der Waals surface area (Å²) in [5.41, 5.74) is 0. The van der Waals surface area contributed by atoms with Crippen molar-refractivity contribution in [3.8, 4) is 11.5 Å². The van der Waals surface area contributed by atoms with Gasteiger partial charge in [0.2, 0.25) is 6.10 Å². The lowest BCUT2D eigenvalue weighted by atomic mass is 10.1. The third-order valence-corrected chi connectivity index (χ3v) is 5.20. The van der Waals surface area contributed by atoms with E-state index in [0.29, 0.717) is 24.6 Å². The number of nitrogens with zero attached hydrogens (tertiary/aromatic N) is 3. The van der Waals surface area contributed by atoms with Crippen LogP contribution in [0.4, 0.5) is 5.13 Å². The summed E-state index contributed by atoms with van der Waals surface area (Å²) in [4.78, 5) is 21.3. The molecule has 0 radical (unpaired) electrons. The number of para-hydroxylation sites is 2. The summed E-state index contributed by atoms with van der Waals surface area (Å²) in [5.74, 6) is 1.33. The van der Waals surface area contributed by atoms with Crippen molar-refractivity contribution in [3.05, 3.63) is 35.8 Å². The molecule has 2 unspecified atom stereocenters. The highest BCUT2D eigenvalue weighted by Crippen LogP contribution is 2.34. The molecule has 0 saturated carbocycles. The number of ether oxygens (including phenoxy) is 2. The van der Waals surface area contributed by atoms with E-state index in [1.165, 1.54) is 0 Å². The second-order valence-corrected chi connectivity index (χ2v) is 6.81. The number of amides is 1. The van der Waals surface area contributed by atoms with E-state index >= 15 is 0 Å². The quantitative estimate of drug-likeness (QED) is 0.833. The van der Waals surface area contributed by atoms with Crippen molar-refractivity contribution in [1.29, 1.82) is 0 Å². The average Bonchev–Trinajstić information content (AvgIpc) is 3.15. The maximum Gasteiger partial charge on any atom is 0.267 e. The van der Waals surface area contributed by atoms with E-state index in [1.807, 2.05) is 47.7 Å². The first-order chi connectivity index (χ1) is 11.7. The first kappa shape index (κ1) is 15.3. The number of carbonyl (C=O) groups is 1.